The predicted molar refractivity (Wildman–Crippen MR) is 78.0 cm³/mol. The van der Waals surface area contributed by atoms with Crippen molar-refractivity contribution in [1.82, 2.24) is 4.90 Å². The van der Waals surface area contributed by atoms with E-state index in [1.165, 1.54) is 0 Å². The van der Waals surface area contributed by atoms with Crippen LogP contribution in [0.15, 0.2) is 23.1 Å². The lowest BCUT2D eigenvalue weighted by Gasteiger charge is -2.06. The second-order valence-electron chi connectivity index (χ2n) is 3.64. The molecular weight excluding hydrogens is 305 g/mol. The van der Waals surface area contributed by atoms with E-state index in [0.29, 0.717) is 20.5 Å². The fourth-order valence-electron chi connectivity index (χ4n) is 1.49. The van der Waals surface area contributed by atoms with Gasteiger partial charge in [0.15, 0.2) is 0 Å². The SMILES string of the molecule is C#CCN1C(=O)SC(=Cc2ccc(Cl)cc2Cl)C1=O. The summed E-state index contributed by atoms with van der Waals surface area (Å²) in [5, 5.41) is 0.540. The van der Waals surface area contributed by atoms with E-state index in [1.807, 2.05) is 0 Å². The number of hydrogen-bond donors (Lipinski definition) is 0. The summed E-state index contributed by atoms with van der Waals surface area (Å²) >= 11 is 12.6. The Morgan fingerprint density at radius 1 is 1.37 bits per heavy atom. The Hall–Kier alpha value is -1.41. The molecule has 2 rings (SSSR count). The van der Waals surface area contributed by atoms with Crippen molar-refractivity contribution in [2.75, 3.05) is 6.54 Å². The number of thioether (sulfide) groups is 1. The van der Waals surface area contributed by atoms with Gasteiger partial charge in [0.05, 0.1) is 11.4 Å². The average Bonchev–Trinajstić information content (AvgIpc) is 2.61. The molecule has 0 radical (unpaired) electrons. The first-order chi connectivity index (χ1) is 9.02. The third-order valence-corrected chi connectivity index (χ3v) is 3.84. The lowest BCUT2D eigenvalue weighted by molar-refractivity contribution is -0.122. The number of imide groups is 1. The van der Waals surface area contributed by atoms with Crippen molar-refractivity contribution in [2.45, 2.75) is 0 Å². The molecule has 1 aromatic carbocycles. The van der Waals surface area contributed by atoms with Gasteiger partial charge in [0.1, 0.15) is 0 Å². The van der Waals surface area contributed by atoms with Crippen molar-refractivity contribution in [3.05, 3.63) is 38.7 Å². The highest BCUT2D eigenvalue weighted by molar-refractivity contribution is 8.18. The molecule has 0 saturated carbocycles. The van der Waals surface area contributed by atoms with E-state index in [1.54, 1.807) is 24.3 Å². The minimum atomic E-state index is -0.404. The van der Waals surface area contributed by atoms with Crippen molar-refractivity contribution in [3.8, 4) is 12.3 Å². The summed E-state index contributed by atoms with van der Waals surface area (Å²) in [6.07, 6.45) is 6.67. The standard InChI is InChI=1S/C13H7Cl2NO2S/c1-2-5-16-12(17)11(19-13(16)18)6-8-3-4-9(14)7-10(8)15/h1,3-4,6-7H,5H2. The zero-order valence-corrected chi connectivity index (χ0v) is 11.9. The van der Waals surface area contributed by atoms with Gasteiger partial charge in [0.25, 0.3) is 11.1 Å². The summed E-state index contributed by atoms with van der Waals surface area (Å²) in [7, 11) is 0. The molecule has 1 aromatic rings. The van der Waals surface area contributed by atoms with Crippen LogP contribution in [0.1, 0.15) is 5.56 Å². The molecule has 0 unspecified atom stereocenters. The summed E-state index contributed by atoms with van der Waals surface area (Å²) in [6.45, 7) is -0.0314. The molecule has 19 heavy (non-hydrogen) atoms. The Morgan fingerprint density at radius 3 is 2.74 bits per heavy atom. The van der Waals surface area contributed by atoms with E-state index in [-0.39, 0.29) is 11.8 Å². The molecule has 1 aliphatic rings. The van der Waals surface area contributed by atoms with Crippen LogP contribution in [0.2, 0.25) is 10.0 Å². The van der Waals surface area contributed by atoms with Gasteiger partial charge in [0.2, 0.25) is 0 Å². The van der Waals surface area contributed by atoms with Gasteiger partial charge in [-0.25, -0.2) is 0 Å². The fraction of sp³-hybridized carbons (Fsp3) is 0.0769. The van der Waals surface area contributed by atoms with E-state index in [2.05, 4.69) is 5.92 Å². The number of terminal acetylenes is 1. The quantitative estimate of drug-likeness (QED) is 0.618. The summed E-state index contributed by atoms with van der Waals surface area (Å²) in [6, 6.07) is 4.91. The summed E-state index contributed by atoms with van der Waals surface area (Å²) in [5.74, 6) is 1.87. The van der Waals surface area contributed by atoms with E-state index in [0.717, 1.165) is 16.7 Å². The molecule has 0 aliphatic carbocycles. The third-order valence-electron chi connectivity index (χ3n) is 2.37. The van der Waals surface area contributed by atoms with Crippen LogP contribution in [-0.4, -0.2) is 22.6 Å². The Morgan fingerprint density at radius 2 is 2.11 bits per heavy atom. The number of amides is 2. The first-order valence-corrected chi connectivity index (χ1v) is 6.74. The first-order valence-electron chi connectivity index (χ1n) is 5.17. The van der Waals surface area contributed by atoms with Crippen LogP contribution in [0.3, 0.4) is 0 Å². The third kappa shape index (κ3) is 2.95. The van der Waals surface area contributed by atoms with Gasteiger partial charge in [-0.1, -0.05) is 35.2 Å². The van der Waals surface area contributed by atoms with E-state index < -0.39 is 5.91 Å². The molecule has 0 spiro atoms. The van der Waals surface area contributed by atoms with Gasteiger partial charge in [-0.3, -0.25) is 14.5 Å². The number of halogens is 2. The molecular formula is C13H7Cl2NO2S. The van der Waals surface area contributed by atoms with Crippen LogP contribution >= 0.6 is 35.0 Å². The second-order valence-corrected chi connectivity index (χ2v) is 5.47. The zero-order chi connectivity index (χ0) is 14.0. The molecule has 1 fully saturated rings. The average molecular weight is 312 g/mol. The first kappa shape index (κ1) is 14.0. The van der Waals surface area contributed by atoms with Crippen LogP contribution < -0.4 is 0 Å². The molecule has 0 aromatic heterocycles. The lowest BCUT2D eigenvalue weighted by Crippen LogP contribution is -2.28. The number of carbonyl (C=O) groups is 2. The molecule has 96 valence electrons. The molecule has 3 nitrogen and oxygen atoms in total. The largest absolute Gasteiger partial charge is 0.294 e. The minimum absolute atomic E-state index is 0.0314. The molecule has 0 N–H and O–H groups in total. The van der Waals surface area contributed by atoms with Crippen molar-refractivity contribution in [3.63, 3.8) is 0 Å². The maximum Gasteiger partial charge on any atom is 0.294 e. The monoisotopic (exact) mass is 311 g/mol. The molecule has 0 bridgehead atoms. The highest BCUT2D eigenvalue weighted by Gasteiger charge is 2.34. The fourth-order valence-corrected chi connectivity index (χ4v) is 2.78. The number of hydrogen-bond acceptors (Lipinski definition) is 3. The molecule has 1 heterocycles. The molecule has 1 aliphatic heterocycles. The van der Waals surface area contributed by atoms with Crippen LogP contribution in [-0.2, 0) is 4.79 Å². The van der Waals surface area contributed by atoms with Gasteiger partial charge in [-0.2, -0.15) is 0 Å². The highest BCUT2D eigenvalue weighted by atomic mass is 35.5. The summed E-state index contributed by atoms with van der Waals surface area (Å²) < 4.78 is 0. The maximum atomic E-state index is 11.9. The zero-order valence-electron chi connectivity index (χ0n) is 9.52. The van der Waals surface area contributed by atoms with Crippen molar-refractivity contribution in [2.24, 2.45) is 0 Å². The van der Waals surface area contributed by atoms with Gasteiger partial charge >= 0.3 is 0 Å². The van der Waals surface area contributed by atoms with Crippen molar-refractivity contribution >= 4 is 52.2 Å². The normalized spacial score (nSPS) is 17.1. The predicted octanol–water partition coefficient (Wildman–Crippen LogP) is 3.66. The van der Waals surface area contributed by atoms with Crippen molar-refractivity contribution in [1.29, 1.82) is 0 Å². The maximum absolute atomic E-state index is 11.9. The molecule has 1 saturated heterocycles. The molecule has 2 amide bonds. The van der Waals surface area contributed by atoms with Crippen LogP contribution in [0, 0.1) is 12.3 Å². The van der Waals surface area contributed by atoms with Gasteiger partial charge in [-0.15, -0.1) is 6.42 Å². The smallest absolute Gasteiger partial charge is 0.268 e. The van der Waals surface area contributed by atoms with Crippen LogP contribution in [0.5, 0.6) is 0 Å². The Bertz CT molecular complexity index is 634. The lowest BCUT2D eigenvalue weighted by atomic mass is 10.2. The van der Waals surface area contributed by atoms with Gasteiger partial charge in [-0.05, 0) is 35.5 Å². The van der Waals surface area contributed by atoms with Crippen molar-refractivity contribution < 1.29 is 9.59 Å². The van der Waals surface area contributed by atoms with E-state index in [4.69, 9.17) is 29.6 Å². The summed E-state index contributed by atoms with van der Waals surface area (Å²) in [5.41, 5.74) is 0.622. The topological polar surface area (TPSA) is 37.4 Å². The Kier molecular flexibility index (Phi) is 4.20. The number of benzene rings is 1. The van der Waals surface area contributed by atoms with Gasteiger partial charge < -0.3 is 0 Å². The van der Waals surface area contributed by atoms with Gasteiger partial charge in [0, 0.05) is 10.0 Å². The second kappa shape index (κ2) is 5.70. The number of rotatable bonds is 2. The Labute approximate surface area is 124 Å². The highest BCUT2D eigenvalue weighted by Crippen LogP contribution is 2.33. The van der Waals surface area contributed by atoms with E-state index in [9.17, 15) is 9.59 Å². The number of carbonyl (C=O) groups excluding carboxylic acids is 2. The van der Waals surface area contributed by atoms with E-state index >= 15 is 0 Å². The number of nitrogens with zero attached hydrogens (tertiary/aromatic N) is 1. The van der Waals surface area contributed by atoms with Crippen LogP contribution in [0.25, 0.3) is 6.08 Å². The minimum Gasteiger partial charge on any atom is -0.268 e. The summed E-state index contributed by atoms with van der Waals surface area (Å²) in [4.78, 5) is 24.8. The Balaban J connectivity index is 2.33. The molecule has 6 heteroatoms. The molecule has 0 atom stereocenters. The van der Waals surface area contributed by atoms with Crippen LogP contribution in [0.4, 0.5) is 4.79 Å².